The number of hydrogen-bond donors (Lipinski definition) is 2. The molecule has 1 aromatic heterocycles. The summed E-state index contributed by atoms with van der Waals surface area (Å²) >= 11 is 4.70. The zero-order valence-electron chi connectivity index (χ0n) is 11.1. The van der Waals surface area contributed by atoms with Crippen molar-refractivity contribution in [2.75, 3.05) is 0 Å². The van der Waals surface area contributed by atoms with E-state index in [1.807, 2.05) is 0 Å². The molecule has 2 heterocycles. The third-order valence-electron chi connectivity index (χ3n) is 3.00. The molecule has 1 fully saturated rings. The van der Waals surface area contributed by atoms with Gasteiger partial charge in [-0.2, -0.15) is 0 Å². The van der Waals surface area contributed by atoms with E-state index in [-0.39, 0.29) is 16.4 Å². The first-order chi connectivity index (χ1) is 10.5. The highest BCUT2D eigenvalue weighted by Gasteiger charge is 2.26. The van der Waals surface area contributed by atoms with Gasteiger partial charge in [-0.1, -0.05) is 12.1 Å². The molecule has 1 aliphatic rings. The number of carbonyl (C=O) groups excluding carboxylic acids is 2. The molecule has 110 valence electrons. The summed E-state index contributed by atoms with van der Waals surface area (Å²) in [6.07, 6.45) is 1.27. The summed E-state index contributed by atoms with van der Waals surface area (Å²) in [4.78, 5) is 23.4. The van der Waals surface area contributed by atoms with Gasteiger partial charge in [0.05, 0.1) is 5.56 Å². The highest BCUT2D eigenvalue weighted by molar-refractivity contribution is 7.80. The monoisotopic (exact) mass is 316 g/mol. The van der Waals surface area contributed by atoms with Crippen LogP contribution in [0.3, 0.4) is 0 Å². The second-order valence-corrected chi connectivity index (χ2v) is 4.89. The molecule has 0 atom stereocenters. The van der Waals surface area contributed by atoms with Crippen molar-refractivity contribution in [3.05, 3.63) is 53.5 Å². The first-order valence-electron chi connectivity index (χ1n) is 6.27. The minimum atomic E-state index is -0.613. The SMILES string of the molecule is O=C1NC(=S)NC(=O)C1=Cc1ccc(-c2ccccc2F)o1. The summed E-state index contributed by atoms with van der Waals surface area (Å²) in [5.74, 6) is -1.09. The Morgan fingerprint density at radius 1 is 1.05 bits per heavy atom. The molecule has 0 spiro atoms. The minimum absolute atomic E-state index is 0.0429. The van der Waals surface area contributed by atoms with Crippen molar-refractivity contribution in [3.8, 4) is 11.3 Å². The molecule has 7 heteroatoms. The Kier molecular flexibility index (Phi) is 3.56. The van der Waals surface area contributed by atoms with Gasteiger partial charge < -0.3 is 4.42 Å². The summed E-state index contributed by atoms with van der Waals surface area (Å²) in [6.45, 7) is 0. The smallest absolute Gasteiger partial charge is 0.263 e. The van der Waals surface area contributed by atoms with Gasteiger partial charge in [-0.05, 0) is 42.6 Å². The Bertz CT molecular complexity index is 804. The van der Waals surface area contributed by atoms with E-state index in [0.717, 1.165) is 0 Å². The molecule has 2 amide bonds. The van der Waals surface area contributed by atoms with Crippen molar-refractivity contribution in [3.63, 3.8) is 0 Å². The Morgan fingerprint density at radius 2 is 1.73 bits per heavy atom. The van der Waals surface area contributed by atoms with Crippen molar-refractivity contribution in [1.82, 2.24) is 10.6 Å². The first-order valence-corrected chi connectivity index (χ1v) is 6.68. The summed E-state index contributed by atoms with van der Waals surface area (Å²) < 4.78 is 19.2. The standard InChI is InChI=1S/C15H9FN2O3S/c16-11-4-2-1-3-9(11)12-6-5-8(21-12)7-10-13(19)17-15(22)18-14(10)20/h1-7H,(H2,17,18,19,20,22). The van der Waals surface area contributed by atoms with Crippen molar-refractivity contribution < 1.29 is 18.4 Å². The van der Waals surface area contributed by atoms with Crippen LogP contribution in [0.15, 0.2) is 46.4 Å². The van der Waals surface area contributed by atoms with Crippen LogP contribution in [0.2, 0.25) is 0 Å². The van der Waals surface area contributed by atoms with Gasteiger partial charge in [0.25, 0.3) is 11.8 Å². The van der Waals surface area contributed by atoms with E-state index in [1.165, 1.54) is 12.1 Å². The molecule has 1 saturated heterocycles. The summed E-state index contributed by atoms with van der Waals surface area (Å²) in [7, 11) is 0. The fraction of sp³-hybridized carbons (Fsp3) is 0. The molecule has 0 unspecified atom stereocenters. The van der Waals surface area contributed by atoms with Crippen LogP contribution in [-0.4, -0.2) is 16.9 Å². The highest BCUT2D eigenvalue weighted by atomic mass is 32.1. The van der Waals surface area contributed by atoms with Gasteiger partial charge in [0.15, 0.2) is 5.11 Å². The number of carbonyl (C=O) groups is 2. The van der Waals surface area contributed by atoms with Crippen LogP contribution in [0.4, 0.5) is 4.39 Å². The van der Waals surface area contributed by atoms with Gasteiger partial charge in [0.1, 0.15) is 22.9 Å². The predicted molar refractivity (Wildman–Crippen MR) is 81.0 cm³/mol. The number of hydrogen-bond acceptors (Lipinski definition) is 4. The fourth-order valence-corrected chi connectivity index (χ4v) is 2.17. The van der Waals surface area contributed by atoms with E-state index in [4.69, 9.17) is 16.6 Å². The van der Waals surface area contributed by atoms with Crippen LogP contribution in [-0.2, 0) is 9.59 Å². The predicted octanol–water partition coefficient (Wildman–Crippen LogP) is 2.00. The van der Waals surface area contributed by atoms with E-state index in [2.05, 4.69) is 10.6 Å². The maximum atomic E-state index is 13.7. The average Bonchev–Trinajstić information content (AvgIpc) is 2.92. The quantitative estimate of drug-likeness (QED) is 0.505. The molecule has 3 rings (SSSR count). The number of halogens is 1. The zero-order chi connectivity index (χ0) is 15.7. The van der Waals surface area contributed by atoms with Crippen molar-refractivity contribution >= 4 is 35.2 Å². The molecule has 0 aliphatic carbocycles. The Morgan fingerprint density at radius 3 is 2.41 bits per heavy atom. The third-order valence-corrected chi connectivity index (χ3v) is 3.20. The van der Waals surface area contributed by atoms with E-state index in [1.54, 1.807) is 30.3 Å². The second kappa shape index (κ2) is 5.53. The number of amides is 2. The van der Waals surface area contributed by atoms with Gasteiger partial charge in [-0.25, -0.2) is 4.39 Å². The third kappa shape index (κ3) is 2.66. The van der Waals surface area contributed by atoms with E-state index in [0.29, 0.717) is 11.3 Å². The Balaban J connectivity index is 1.93. The number of furan rings is 1. The fourth-order valence-electron chi connectivity index (χ4n) is 1.98. The summed E-state index contributed by atoms with van der Waals surface area (Å²) in [6, 6.07) is 9.26. The molecule has 0 radical (unpaired) electrons. The molecule has 2 aromatic rings. The summed E-state index contributed by atoms with van der Waals surface area (Å²) in [5.41, 5.74) is 0.161. The lowest BCUT2D eigenvalue weighted by molar-refractivity contribution is -0.123. The maximum absolute atomic E-state index is 13.7. The normalized spacial score (nSPS) is 14.6. The van der Waals surface area contributed by atoms with Crippen LogP contribution in [0.25, 0.3) is 17.4 Å². The van der Waals surface area contributed by atoms with E-state index < -0.39 is 17.6 Å². The number of nitrogens with one attached hydrogen (secondary N) is 2. The van der Waals surface area contributed by atoms with Crippen molar-refractivity contribution in [2.24, 2.45) is 0 Å². The van der Waals surface area contributed by atoms with E-state index >= 15 is 0 Å². The Labute approximate surface area is 129 Å². The minimum Gasteiger partial charge on any atom is -0.457 e. The molecule has 5 nitrogen and oxygen atoms in total. The largest absolute Gasteiger partial charge is 0.457 e. The van der Waals surface area contributed by atoms with Gasteiger partial charge in [-0.15, -0.1) is 0 Å². The van der Waals surface area contributed by atoms with Gasteiger partial charge >= 0.3 is 0 Å². The van der Waals surface area contributed by atoms with Gasteiger partial charge in [-0.3, -0.25) is 20.2 Å². The van der Waals surface area contributed by atoms with Crippen molar-refractivity contribution in [2.45, 2.75) is 0 Å². The Hall–Kier alpha value is -2.80. The first kappa shape index (κ1) is 14.2. The highest BCUT2D eigenvalue weighted by Crippen LogP contribution is 2.25. The van der Waals surface area contributed by atoms with Gasteiger partial charge in [0.2, 0.25) is 0 Å². The second-order valence-electron chi connectivity index (χ2n) is 4.48. The van der Waals surface area contributed by atoms with Crippen LogP contribution in [0, 0.1) is 5.82 Å². The van der Waals surface area contributed by atoms with E-state index in [9.17, 15) is 14.0 Å². The maximum Gasteiger partial charge on any atom is 0.263 e. The topological polar surface area (TPSA) is 71.3 Å². The van der Waals surface area contributed by atoms with Crippen LogP contribution in [0.5, 0.6) is 0 Å². The molecule has 1 aliphatic heterocycles. The van der Waals surface area contributed by atoms with Crippen LogP contribution >= 0.6 is 12.2 Å². The lowest BCUT2D eigenvalue weighted by Crippen LogP contribution is -2.51. The number of benzene rings is 1. The van der Waals surface area contributed by atoms with Crippen LogP contribution in [0.1, 0.15) is 5.76 Å². The lowest BCUT2D eigenvalue weighted by atomic mass is 10.1. The van der Waals surface area contributed by atoms with Gasteiger partial charge in [0, 0.05) is 0 Å². The molecule has 0 bridgehead atoms. The molecular weight excluding hydrogens is 307 g/mol. The number of thiocarbonyl (C=S) groups is 1. The molecular formula is C15H9FN2O3S. The zero-order valence-corrected chi connectivity index (χ0v) is 11.9. The van der Waals surface area contributed by atoms with Crippen molar-refractivity contribution in [1.29, 1.82) is 0 Å². The van der Waals surface area contributed by atoms with Crippen LogP contribution < -0.4 is 10.6 Å². The molecule has 1 aromatic carbocycles. The number of rotatable bonds is 2. The molecule has 0 saturated carbocycles. The molecule has 22 heavy (non-hydrogen) atoms. The summed E-state index contributed by atoms with van der Waals surface area (Å²) in [5, 5.41) is 4.59. The molecule has 2 N–H and O–H groups in total. The average molecular weight is 316 g/mol. The lowest BCUT2D eigenvalue weighted by Gasteiger charge is -2.15.